The minimum atomic E-state index is -0.149. The van der Waals surface area contributed by atoms with Gasteiger partial charge in [0.2, 0.25) is 5.82 Å². The van der Waals surface area contributed by atoms with Crippen molar-refractivity contribution in [3.05, 3.63) is 58.7 Å². The number of amides is 1. The monoisotopic (exact) mass is 469 g/mol. The van der Waals surface area contributed by atoms with Gasteiger partial charge < -0.3 is 14.5 Å². The molecule has 1 amide bonds. The molecule has 0 saturated heterocycles. The molecular formula is C22H23N5O3S2. The third kappa shape index (κ3) is 4.71. The van der Waals surface area contributed by atoms with Gasteiger partial charge in [-0.25, -0.2) is 4.98 Å². The summed E-state index contributed by atoms with van der Waals surface area (Å²) in [5, 5.41) is 15.0. The van der Waals surface area contributed by atoms with E-state index in [0.717, 1.165) is 17.1 Å². The van der Waals surface area contributed by atoms with Gasteiger partial charge in [0, 0.05) is 11.4 Å². The Labute approximate surface area is 194 Å². The highest BCUT2D eigenvalue weighted by Gasteiger charge is 2.21. The van der Waals surface area contributed by atoms with E-state index in [-0.39, 0.29) is 11.9 Å². The number of ether oxygens (including phenoxy) is 1. The minimum Gasteiger partial charge on any atom is -0.495 e. The molecule has 10 heteroatoms. The highest BCUT2D eigenvalue weighted by Crippen LogP contribution is 2.34. The van der Waals surface area contributed by atoms with E-state index in [4.69, 9.17) is 9.15 Å². The number of benzene rings is 1. The van der Waals surface area contributed by atoms with Gasteiger partial charge >= 0.3 is 0 Å². The maximum absolute atomic E-state index is 12.3. The average Bonchev–Trinajstić information content (AvgIpc) is 3.57. The number of para-hydroxylation sites is 2. The van der Waals surface area contributed by atoms with Crippen molar-refractivity contribution in [1.82, 2.24) is 25.1 Å². The zero-order valence-corrected chi connectivity index (χ0v) is 19.6. The third-order valence-electron chi connectivity index (χ3n) is 4.80. The van der Waals surface area contributed by atoms with E-state index < -0.39 is 0 Å². The molecule has 1 atom stereocenters. The van der Waals surface area contributed by atoms with Gasteiger partial charge in [0.25, 0.3) is 5.91 Å². The Kier molecular flexibility index (Phi) is 6.91. The smallest absolute Gasteiger partial charge is 0.270 e. The normalized spacial score (nSPS) is 12.0. The number of carbonyl (C=O) groups excluding carboxylic acids is 1. The Morgan fingerprint density at radius 2 is 2.12 bits per heavy atom. The first-order chi connectivity index (χ1) is 15.6. The topological polar surface area (TPSA) is 95.1 Å². The van der Waals surface area contributed by atoms with Crippen molar-refractivity contribution in [1.29, 1.82) is 0 Å². The lowest BCUT2D eigenvalue weighted by Crippen LogP contribution is -2.32. The minimum absolute atomic E-state index is 0.112. The van der Waals surface area contributed by atoms with Gasteiger partial charge in [-0.1, -0.05) is 30.8 Å². The van der Waals surface area contributed by atoms with Gasteiger partial charge in [-0.05, 0) is 37.6 Å². The van der Waals surface area contributed by atoms with E-state index in [9.17, 15) is 4.79 Å². The zero-order valence-electron chi connectivity index (χ0n) is 17.9. The van der Waals surface area contributed by atoms with Crippen LogP contribution in [0, 0.1) is 0 Å². The Morgan fingerprint density at radius 3 is 2.88 bits per heavy atom. The molecule has 0 bridgehead atoms. The number of nitrogens with one attached hydrogen (secondary N) is 1. The zero-order chi connectivity index (χ0) is 22.5. The standard InChI is InChI=1S/C22H23N5O3S2/c1-4-14(2)23-21(28)15-12-31-19(24-15)13-32-22-26-25-20(18-10-7-11-30-18)27(22)16-8-5-6-9-17(16)29-3/h5-12,14H,4,13H2,1-3H3,(H,23,28). The van der Waals surface area contributed by atoms with Crippen molar-refractivity contribution in [3.63, 3.8) is 0 Å². The molecule has 0 spiro atoms. The predicted molar refractivity (Wildman–Crippen MR) is 125 cm³/mol. The van der Waals surface area contributed by atoms with E-state index >= 15 is 0 Å². The number of hydrogen-bond donors (Lipinski definition) is 1. The number of hydrogen-bond acceptors (Lipinski definition) is 8. The molecule has 0 saturated carbocycles. The summed E-state index contributed by atoms with van der Waals surface area (Å²) in [4.78, 5) is 16.8. The van der Waals surface area contributed by atoms with Crippen molar-refractivity contribution < 1.29 is 13.9 Å². The molecule has 1 unspecified atom stereocenters. The van der Waals surface area contributed by atoms with Crippen LogP contribution in [0.15, 0.2) is 57.6 Å². The van der Waals surface area contributed by atoms with E-state index in [2.05, 4.69) is 20.5 Å². The molecule has 8 nitrogen and oxygen atoms in total. The number of nitrogens with zero attached hydrogens (tertiary/aromatic N) is 4. The molecule has 32 heavy (non-hydrogen) atoms. The van der Waals surface area contributed by atoms with Gasteiger partial charge in [0.1, 0.15) is 16.5 Å². The lowest BCUT2D eigenvalue weighted by molar-refractivity contribution is 0.0935. The van der Waals surface area contributed by atoms with Crippen molar-refractivity contribution in [2.24, 2.45) is 0 Å². The van der Waals surface area contributed by atoms with Gasteiger partial charge in [0.15, 0.2) is 10.9 Å². The van der Waals surface area contributed by atoms with Gasteiger partial charge in [-0.3, -0.25) is 9.36 Å². The number of aromatic nitrogens is 4. The molecule has 0 aliphatic rings. The first-order valence-corrected chi connectivity index (χ1v) is 12.0. The molecule has 0 radical (unpaired) electrons. The summed E-state index contributed by atoms with van der Waals surface area (Å²) >= 11 is 2.94. The fourth-order valence-electron chi connectivity index (χ4n) is 2.97. The van der Waals surface area contributed by atoms with Crippen LogP contribution in [-0.2, 0) is 5.75 Å². The molecule has 3 aromatic heterocycles. The molecule has 0 aliphatic carbocycles. The highest BCUT2D eigenvalue weighted by molar-refractivity contribution is 7.98. The average molecular weight is 470 g/mol. The van der Waals surface area contributed by atoms with Crippen molar-refractivity contribution >= 4 is 29.0 Å². The Bertz CT molecular complexity index is 1190. The summed E-state index contributed by atoms with van der Waals surface area (Å²) < 4.78 is 13.0. The van der Waals surface area contributed by atoms with Crippen LogP contribution in [0.4, 0.5) is 0 Å². The largest absolute Gasteiger partial charge is 0.495 e. The maximum atomic E-state index is 12.3. The summed E-state index contributed by atoms with van der Waals surface area (Å²) in [6.45, 7) is 4.01. The molecule has 3 heterocycles. The molecule has 1 aromatic carbocycles. The molecule has 4 rings (SSSR count). The number of furan rings is 1. The van der Waals surface area contributed by atoms with Crippen LogP contribution in [0.2, 0.25) is 0 Å². The highest BCUT2D eigenvalue weighted by atomic mass is 32.2. The Balaban J connectivity index is 1.59. The molecule has 0 fully saturated rings. The first kappa shape index (κ1) is 22.1. The van der Waals surface area contributed by atoms with Crippen LogP contribution in [0.25, 0.3) is 17.3 Å². The SMILES string of the molecule is CCC(C)NC(=O)c1csc(CSc2nnc(-c3ccco3)n2-c2ccccc2OC)n1. The maximum Gasteiger partial charge on any atom is 0.270 e. The van der Waals surface area contributed by atoms with E-state index in [0.29, 0.717) is 33.9 Å². The first-order valence-electron chi connectivity index (χ1n) is 10.1. The predicted octanol–water partition coefficient (Wildman–Crippen LogP) is 4.81. The fraction of sp³-hybridized carbons (Fsp3) is 0.273. The summed E-state index contributed by atoms with van der Waals surface area (Å²) in [6.07, 6.45) is 2.47. The van der Waals surface area contributed by atoms with E-state index in [1.165, 1.54) is 23.1 Å². The molecular weight excluding hydrogens is 446 g/mol. The summed E-state index contributed by atoms with van der Waals surface area (Å²) in [6, 6.07) is 11.4. The second-order valence-corrected chi connectivity index (χ2v) is 8.87. The summed E-state index contributed by atoms with van der Waals surface area (Å²) in [7, 11) is 1.63. The second kappa shape index (κ2) is 10.0. The molecule has 4 aromatic rings. The van der Waals surface area contributed by atoms with Gasteiger partial charge in [0.05, 0.1) is 24.8 Å². The molecule has 1 N–H and O–H groups in total. The van der Waals surface area contributed by atoms with E-state index in [1.807, 2.05) is 54.8 Å². The molecule has 166 valence electrons. The number of thiazole rings is 1. The van der Waals surface area contributed by atoms with Crippen LogP contribution >= 0.6 is 23.1 Å². The van der Waals surface area contributed by atoms with E-state index in [1.54, 1.807) is 18.8 Å². The van der Waals surface area contributed by atoms with Crippen molar-refractivity contribution in [2.75, 3.05) is 7.11 Å². The number of rotatable bonds is 9. The summed E-state index contributed by atoms with van der Waals surface area (Å²) in [5.41, 5.74) is 1.25. The van der Waals surface area contributed by atoms with Gasteiger partial charge in [-0.15, -0.1) is 21.5 Å². The van der Waals surface area contributed by atoms with Gasteiger partial charge in [-0.2, -0.15) is 0 Å². The summed E-state index contributed by atoms with van der Waals surface area (Å²) in [5.74, 6) is 2.28. The van der Waals surface area contributed by atoms with Crippen LogP contribution in [0.5, 0.6) is 5.75 Å². The Morgan fingerprint density at radius 1 is 1.28 bits per heavy atom. The quantitative estimate of drug-likeness (QED) is 0.351. The lowest BCUT2D eigenvalue weighted by atomic mass is 10.2. The number of thioether (sulfide) groups is 1. The van der Waals surface area contributed by atoms with Crippen LogP contribution < -0.4 is 10.1 Å². The second-order valence-electron chi connectivity index (χ2n) is 6.99. The Hall–Kier alpha value is -3.11. The van der Waals surface area contributed by atoms with Crippen molar-refractivity contribution in [2.45, 2.75) is 37.2 Å². The fourth-order valence-corrected chi connectivity index (χ4v) is 4.71. The number of methoxy groups -OCH3 is 1. The molecule has 0 aliphatic heterocycles. The van der Waals surface area contributed by atoms with Crippen LogP contribution in [0.1, 0.15) is 35.8 Å². The van der Waals surface area contributed by atoms with Crippen molar-refractivity contribution in [3.8, 4) is 23.0 Å². The third-order valence-corrected chi connectivity index (χ3v) is 6.77. The van der Waals surface area contributed by atoms with Crippen LogP contribution in [0.3, 0.4) is 0 Å². The number of carbonyl (C=O) groups is 1. The van der Waals surface area contributed by atoms with Crippen LogP contribution in [-0.4, -0.2) is 38.8 Å². The lowest BCUT2D eigenvalue weighted by Gasteiger charge is -2.12.